The molecule has 2 N–H and O–H groups in total. The summed E-state index contributed by atoms with van der Waals surface area (Å²) in [5.74, 6) is 1.44. The number of hydrogen-bond donors (Lipinski definition) is 2. The molecule has 2 heterocycles. The van der Waals surface area contributed by atoms with Gasteiger partial charge in [-0.2, -0.15) is 4.98 Å². The lowest BCUT2D eigenvalue weighted by atomic mass is 10.1. The lowest BCUT2D eigenvalue weighted by Crippen LogP contribution is -2.17. The summed E-state index contributed by atoms with van der Waals surface area (Å²) < 4.78 is 5.32. The fourth-order valence-corrected chi connectivity index (χ4v) is 2.30. The average molecular weight is 272 g/mol. The van der Waals surface area contributed by atoms with Crippen molar-refractivity contribution in [1.82, 2.24) is 20.8 Å². The van der Waals surface area contributed by atoms with E-state index in [0.717, 1.165) is 25.1 Å². The second kappa shape index (κ2) is 5.42. The fraction of sp³-hybridized carbons (Fsp3) is 0.357. The first-order valence-corrected chi connectivity index (χ1v) is 6.65. The molecule has 3 rings (SSSR count). The van der Waals surface area contributed by atoms with E-state index in [9.17, 15) is 4.79 Å². The third kappa shape index (κ3) is 2.42. The van der Waals surface area contributed by atoms with Crippen LogP contribution in [0.25, 0.3) is 11.4 Å². The first-order chi connectivity index (χ1) is 9.78. The molecule has 104 valence electrons. The predicted molar refractivity (Wildman–Crippen MR) is 73.4 cm³/mol. The Balaban J connectivity index is 1.80. The van der Waals surface area contributed by atoms with Crippen molar-refractivity contribution in [2.24, 2.45) is 0 Å². The Kier molecular flexibility index (Phi) is 3.47. The van der Waals surface area contributed by atoms with Gasteiger partial charge in [0.15, 0.2) is 0 Å². The maximum atomic E-state index is 11.5. The molecule has 1 saturated heterocycles. The summed E-state index contributed by atoms with van der Waals surface area (Å²) in [6.07, 6.45) is 1.03. The largest absolute Gasteiger partial charge is 0.355 e. The highest BCUT2D eigenvalue weighted by Crippen LogP contribution is 2.23. The number of aromatic nitrogens is 2. The van der Waals surface area contributed by atoms with Crippen molar-refractivity contribution in [1.29, 1.82) is 0 Å². The van der Waals surface area contributed by atoms with Gasteiger partial charge in [-0.15, -0.1) is 0 Å². The SMILES string of the molecule is CNC(=O)c1ccc(-c2noc([C@@H]3CCNC3)n2)cc1. The quantitative estimate of drug-likeness (QED) is 0.876. The second-order valence-electron chi connectivity index (χ2n) is 4.80. The monoisotopic (exact) mass is 272 g/mol. The molecule has 2 aromatic rings. The van der Waals surface area contributed by atoms with Gasteiger partial charge in [0.25, 0.3) is 5.91 Å². The van der Waals surface area contributed by atoms with E-state index in [4.69, 9.17) is 4.52 Å². The summed E-state index contributed by atoms with van der Waals surface area (Å²) >= 11 is 0. The fourth-order valence-electron chi connectivity index (χ4n) is 2.30. The molecule has 0 radical (unpaired) electrons. The van der Waals surface area contributed by atoms with Crippen LogP contribution in [0.5, 0.6) is 0 Å². The summed E-state index contributed by atoms with van der Waals surface area (Å²) in [7, 11) is 1.61. The highest BCUT2D eigenvalue weighted by Gasteiger charge is 2.23. The Morgan fingerprint density at radius 1 is 1.40 bits per heavy atom. The minimum Gasteiger partial charge on any atom is -0.355 e. The molecule has 1 amide bonds. The van der Waals surface area contributed by atoms with E-state index in [-0.39, 0.29) is 5.91 Å². The maximum Gasteiger partial charge on any atom is 0.251 e. The van der Waals surface area contributed by atoms with Crippen LogP contribution < -0.4 is 10.6 Å². The topological polar surface area (TPSA) is 80.0 Å². The standard InChI is InChI=1S/C14H16N4O2/c1-15-13(19)10-4-2-9(3-5-10)12-17-14(20-18-12)11-6-7-16-8-11/h2-5,11,16H,6-8H2,1H3,(H,15,19)/t11-/m1/s1. The lowest BCUT2D eigenvalue weighted by molar-refractivity contribution is 0.0963. The molecule has 1 fully saturated rings. The molecule has 0 unspecified atom stereocenters. The summed E-state index contributed by atoms with van der Waals surface area (Å²) in [6.45, 7) is 1.88. The first-order valence-electron chi connectivity index (χ1n) is 6.65. The first kappa shape index (κ1) is 12.8. The number of carbonyl (C=O) groups excluding carboxylic acids is 1. The van der Waals surface area contributed by atoms with Crippen LogP contribution in [-0.2, 0) is 0 Å². The zero-order valence-electron chi connectivity index (χ0n) is 11.2. The smallest absolute Gasteiger partial charge is 0.251 e. The zero-order chi connectivity index (χ0) is 13.9. The van der Waals surface area contributed by atoms with Crippen LogP contribution >= 0.6 is 0 Å². The van der Waals surface area contributed by atoms with Crippen LogP contribution in [-0.4, -0.2) is 36.2 Å². The van der Waals surface area contributed by atoms with E-state index in [1.54, 1.807) is 19.2 Å². The molecule has 0 spiro atoms. The van der Waals surface area contributed by atoms with Crippen LogP contribution in [0.1, 0.15) is 28.6 Å². The number of nitrogens with one attached hydrogen (secondary N) is 2. The van der Waals surface area contributed by atoms with Crippen molar-refractivity contribution in [2.45, 2.75) is 12.3 Å². The van der Waals surface area contributed by atoms with Crippen LogP contribution in [0.3, 0.4) is 0 Å². The molecule has 1 aromatic heterocycles. The molecule has 0 saturated carbocycles. The Morgan fingerprint density at radius 3 is 2.85 bits per heavy atom. The van der Waals surface area contributed by atoms with Gasteiger partial charge in [-0.1, -0.05) is 17.3 Å². The zero-order valence-corrected chi connectivity index (χ0v) is 11.2. The van der Waals surface area contributed by atoms with Crippen LogP contribution in [0.15, 0.2) is 28.8 Å². The van der Waals surface area contributed by atoms with Gasteiger partial charge in [-0.05, 0) is 25.1 Å². The van der Waals surface area contributed by atoms with Crippen LogP contribution in [0.4, 0.5) is 0 Å². The molecule has 20 heavy (non-hydrogen) atoms. The molecule has 1 aromatic carbocycles. The van der Waals surface area contributed by atoms with Gasteiger partial charge in [0.05, 0.1) is 5.92 Å². The Bertz CT molecular complexity index is 600. The molecular formula is C14H16N4O2. The van der Waals surface area contributed by atoms with Gasteiger partial charge >= 0.3 is 0 Å². The van der Waals surface area contributed by atoms with Crippen molar-refractivity contribution in [3.05, 3.63) is 35.7 Å². The van der Waals surface area contributed by atoms with E-state index in [1.165, 1.54) is 0 Å². The van der Waals surface area contributed by atoms with Crippen molar-refractivity contribution in [2.75, 3.05) is 20.1 Å². The van der Waals surface area contributed by atoms with Crippen molar-refractivity contribution >= 4 is 5.91 Å². The van der Waals surface area contributed by atoms with Crippen LogP contribution in [0, 0.1) is 0 Å². The lowest BCUT2D eigenvalue weighted by Gasteiger charge is -2.00. The molecular weight excluding hydrogens is 256 g/mol. The summed E-state index contributed by atoms with van der Waals surface area (Å²) in [5.41, 5.74) is 1.46. The van der Waals surface area contributed by atoms with E-state index in [1.807, 2.05) is 12.1 Å². The number of carbonyl (C=O) groups is 1. The van der Waals surface area contributed by atoms with E-state index in [2.05, 4.69) is 20.8 Å². The number of rotatable bonds is 3. The Morgan fingerprint density at radius 2 is 2.20 bits per heavy atom. The second-order valence-corrected chi connectivity index (χ2v) is 4.80. The van der Waals surface area contributed by atoms with Crippen molar-refractivity contribution < 1.29 is 9.32 Å². The molecule has 6 nitrogen and oxygen atoms in total. The molecule has 0 aliphatic carbocycles. The van der Waals surface area contributed by atoms with Gasteiger partial charge < -0.3 is 15.2 Å². The summed E-state index contributed by atoms with van der Waals surface area (Å²) in [6, 6.07) is 7.15. The van der Waals surface area contributed by atoms with E-state index < -0.39 is 0 Å². The van der Waals surface area contributed by atoms with E-state index >= 15 is 0 Å². The predicted octanol–water partition coefficient (Wildman–Crippen LogP) is 1.17. The Labute approximate surface area is 116 Å². The van der Waals surface area contributed by atoms with E-state index in [0.29, 0.717) is 23.2 Å². The minimum absolute atomic E-state index is 0.109. The average Bonchev–Trinajstić information content (AvgIpc) is 3.17. The number of amides is 1. The summed E-state index contributed by atoms with van der Waals surface area (Å²) in [4.78, 5) is 15.9. The third-order valence-electron chi connectivity index (χ3n) is 3.48. The van der Waals surface area contributed by atoms with Gasteiger partial charge in [0, 0.05) is 24.7 Å². The van der Waals surface area contributed by atoms with Crippen molar-refractivity contribution in [3.63, 3.8) is 0 Å². The highest BCUT2D eigenvalue weighted by molar-refractivity contribution is 5.94. The van der Waals surface area contributed by atoms with Gasteiger partial charge in [0.1, 0.15) is 0 Å². The third-order valence-corrected chi connectivity index (χ3v) is 3.48. The molecule has 1 atom stereocenters. The number of benzene rings is 1. The molecule has 0 bridgehead atoms. The van der Waals surface area contributed by atoms with Gasteiger partial charge in [0.2, 0.25) is 11.7 Å². The summed E-state index contributed by atoms with van der Waals surface area (Å²) in [5, 5.41) is 9.87. The molecule has 6 heteroatoms. The Hall–Kier alpha value is -2.21. The maximum absolute atomic E-state index is 11.5. The van der Waals surface area contributed by atoms with Crippen molar-refractivity contribution in [3.8, 4) is 11.4 Å². The number of nitrogens with zero attached hydrogens (tertiary/aromatic N) is 2. The van der Waals surface area contributed by atoms with Crippen LogP contribution in [0.2, 0.25) is 0 Å². The number of hydrogen-bond acceptors (Lipinski definition) is 5. The van der Waals surface area contributed by atoms with Gasteiger partial charge in [-0.25, -0.2) is 0 Å². The normalized spacial score (nSPS) is 18.1. The minimum atomic E-state index is -0.109. The molecule has 1 aliphatic rings. The molecule has 1 aliphatic heterocycles. The highest BCUT2D eigenvalue weighted by atomic mass is 16.5. The van der Waals surface area contributed by atoms with Gasteiger partial charge in [-0.3, -0.25) is 4.79 Å².